The molecular weight excluding hydrogens is 413 g/mol. The van der Waals surface area contributed by atoms with Crippen LogP contribution in [0, 0.1) is 6.07 Å². The number of benzene rings is 4. The van der Waals surface area contributed by atoms with Crippen molar-refractivity contribution in [3.05, 3.63) is 127 Å². The summed E-state index contributed by atoms with van der Waals surface area (Å²) in [6, 6.07) is 45.0. The van der Waals surface area contributed by atoms with Gasteiger partial charge in [-0.1, -0.05) is 54.6 Å². The third-order valence-corrected chi connectivity index (χ3v) is 6.53. The maximum Gasteiger partial charge on any atom is 0.102 e. The van der Waals surface area contributed by atoms with Gasteiger partial charge in [-0.2, -0.15) is 36.4 Å². The molecule has 0 heterocycles. The number of hydrogen-bond donors (Lipinski definition) is 0. The summed E-state index contributed by atoms with van der Waals surface area (Å²) in [6.45, 7) is 0. The van der Waals surface area contributed by atoms with Crippen LogP contribution in [-0.4, -0.2) is 0 Å². The first-order valence-electron chi connectivity index (χ1n) is 8.51. The van der Waals surface area contributed by atoms with Crippen LogP contribution in [0.3, 0.4) is 0 Å². The number of hydrogen-bond acceptors (Lipinski definition) is 0. The van der Waals surface area contributed by atoms with Gasteiger partial charge in [0, 0.05) is 0 Å². The molecule has 4 aromatic rings. The molecule has 0 atom stereocenters. The first-order chi connectivity index (χ1) is 13.4. The average molecular weight is 435 g/mol. The summed E-state index contributed by atoms with van der Waals surface area (Å²) in [5, 5.41) is 4.31. The Labute approximate surface area is 175 Å². The van der Waals surface area contributed by atoms with E-state index in [0.717, 1.165) is 0 Å². The van der Waals surface area contributed by atoms with E-state index in [1.165, 1.54) is 15.9 Å². The van der Waals surface area contributed by atoms with E-state index in [4.69, 9.17) is 0 Å². The molecule has 0 spiro atoms. The van der Waals surface area contributed by atoms with E-state index in [-0.39, 0.29) is 0 Å². The molecule has 0 saturated heterocycles. The van der Waals surface area contributed by atoms with Crippen molar-refractivity contribution in [2.45, 2.75) is 0 Å². The zero-order chi connectivity index (χ0) is 19.2. The van der Waals surface area contributed by atoms with Gasteiger partial charge in [-0.05, 0) is 36.4 Å². The molecule has 3 heteroatoms. The van der Waals surface area contributed by atoms with Crippen molar-refractivity contribution in [2.75, 3.05) is 0 Å². The molecule has 0 aliphatic heterocycles. The van der Waals surface area contributed by atoms with Gasteiger partial charge >= 0.3 is 24.8 Å². The van der Waals surface area contributed by atoms with Crippen molar-refractivity contribution in [2.24, 2.45) is 0 Å². The molecule has 0 saturated carbocycles. The molecule has 0 aromatic heterocycles. The molecule has 0 aliphatic rings. The van der Waals surface area contributed by atoms with Crippen LogP contribution >= 0.6 is 18.1 Å². The van der Waals surface area contributed by atoms with Crippen LogP contribution in [0.2, 0.25) is 0 Å². The van der Waals surface area contributed by atoms with Crippen molar-refractivity contribution in [1.82, 2.24) is 0 Å². The minimum absolute atomic E-state index is 0.877. The number of halogens is 1. The van der Waals surface area contributed by atoms with E-state index in [9.17, 15) is 0 Å². The molecule has 4 rings (SSSR count). The third-order valence-electron chi connectivity index (χ3n) is 3.79. The quantitative estimate of drug-likeness (QED) is 0.232. The van der Waals surface area contributed by atoms with E-state index in [1.807, 2.05) is 30.3 Å². The van der Waals surface area contributed by atoms with Gasteiger partial charge in [0.15, 0.2) is 0 Å². The van der Waals surface area contributed by atoms with E-state index >= 15 is 0 Å². The summed E-state index contributed by atoms with van der Waals surface area (Å²) >= 11 is 3.35. The predicted octanol–water partition coefficient (Wildman–Crippen LogP) is 5.35. The van der Waals surface area contributed by atoms with Gasteiger partial charge in [0.25, 0.3) is 0 Å². The Kier molecular flexibility index (Phi) is 10.5. The second kappa shape index (κ2) is 13.3. The Hall–Kier alpha value is -1.91. The van der Waals surface area contributed by atoms with Crippen LogP contribution in [0.5, 0.6) is 0 Å². The molecule has 0 radical (unpaired) electrons. The maximum atomic E-state index is 4.26. The van der Waals surface area contributed by atoms with Crippen LogP contribution in [-0.2, 0) is 14.6 Å². The molecule has 0 amide bonds. The third kappa shape index (κ3) is 7.32. The molecular formula is C24H21ClNiP. The van der Waals surface area contributed by atoms with E-state index < -0.39 is 7.92 Å². The zero-order valence-corrected chi connectivity index (χ0v) is 17.5. The molecule has 0 fully saturated rings. The zero-order valence-electron chi connectivity index (χ0n) is 14.7. The predicted molar refractivity (Wildman–Crippen MR) is 118 cm³/mol. The fraction of sp³-hybridized carbons (Fsp3) is 0. The summed E-state index contributed by atoms with van der Waals surface area (Å²) in [5.41, 5.74) is 0. The summed E-state index contributed by atoms with van der Waals surface area (Å²) in [4.78, 5) is 0. The average Bonchev–Trinajstić information content (AvgIpc) is 2.79. The van der Waals surface area contributed by atoms with Gasteiger partial charge in [-0.25, -0.2) is 0 Å². The molecule has 139 valence electrons. The van der Waals surface area contributed by atoms with Crippen molar-refractivity contribution in [3.63, 3.8) is 0 Å². The molecule has 0 nitrogen and oxygen atoms in total. The molecule has 0 N–H and O–H groups in total. The normalized spacial score (nSPS) is 9.48. The van der Waals surface area contributed by atoms with Crippen molar-refractivity contribution in [1.29, 1.82) is 0 Å². The van der Waals surface area contributed by atoms with E-state index in [1.54, 1.807) is 0 Å². The summed E-state index contributed by atoms with van der Waals surface area (Å²) in [6.07, 6.45) is 0. The van der Waals surface area contributed by atoms with Crippen LogP contribution in [0.4, 0.5) is 0 Å². The minimum Gasteiger partial charge on any atom is -0.184 e. The van der Waals surface area contributed by atoms with Crippen molar-refractivity contribution >= 4 is 34.0 Å². The second-order valence-electron chi connectivity index (χ2n) is 5.55. The largest absolute Gasteiger partial charge is 0.184 e. The number of rotatable bonds is 3. The van der Waals surface area contributed by atoms with Gasteiger partial charge in [-0.15, -0.1) is 0 Å². The maximum absolute atomic E-state index is 4.26. The molecule has 4 aromatic carbocycles. The Balaban J connectivity index is 0.000000275. The van der Waals surface area contributed by atoms with E-state index in [2.05, 4.69) is 122 Å². The van der Waals surface area contributed by atoms with Gasteiger partial charge < -0.3 is 0 Å². The van der Waals surface area contributed by atoms with Gasteiger partial charge in [-0.3, -0.25) is 0 Å². The Morgan fingerprint density at radius 2 is 0.778 bits per heavy atom. The topological polar surface area (TPSA) is 0 Å². The first kappa shape index (κ1) is 21.4. The SMILES string of the molecule is [Cl][Ni].[c-]1ccccc1.c1ccc([PH+](c2ccccc2)c2ccccc2)cc1. The summed E-state index contributed by atoms with van der Waals surface area (Å²) in [7, 11) is 3.39. The van der Waals surface area contributed by atoms with Crippen molar-refractivity contribution < 1.29 is 14.6 Å². The van der Waals surface area contributed by atoms with Gasteiger partial charge in [0.2, 0.25) is 0 Å². The van der Waals surface area contributed by atoms with Gasteiger partial charge in [0.1, 0.15) is 15.9 Å². The smallest absolute Gasteiger partial charge is 0.102 e. The fourth-order valence-corrected chi connectivity index (χ4v) is 5.23. The minimum atomic E-state index is -0.877. The molecule has 27 heavy (non-hydrogen) atoms. The Bertz CT molecular complexity index is 720. The first-order valence-corrected chi connectivity index (χ1v) is 11.4. The van der Waals surface area contributed by atoms with Crippen LogP contribution in [0.15, 0.2) is 121 Å². The second-order valence-corrected chi connectivity index (χ2v) is 8.03. The van der Waals surface area contributed by atoms with E-state index in [0.29, 0.717) is 0 Å². The standard InChI is InChI=1S/C18H15P.C6H5.ClH.Ni/c1-4-10-16(11-5-1)19(17-12-6-2-7-13-17)18-14-8-3-9-15-18;1-2-4-6-5-3-1;;/h1-15H;1-5H;1H;/q;-1;;+1. The molecule has 0 bridgehead atoms. The fourth-order valence-electron chi connectivity index (χ4n) is 2.66. The Morgan fingerprint density at radius 3 is 1.00 bits per heavy atom. The molecule has 0 aliphatic carbocycles. The summed E-state index contributed by atoms with van der Waals surface area (Å²) < 4.78 is 0. The van der Waals surface area contributed by atoms with Crippen LogP contribution in [0.25, 0.3) is 0 Å². The molecule has 0 unspecified atom stereocenters. The summed E-state index contributed by atoms with van der Waals surface area (Å²) in [5.74, 6) is 0. The monoisotopic (exact) mass is 433 g/mol. The Morgan fingerprint density at radius 1 is 0.481 bits per heavy atom. The van der Waals surface area contributed by atoms with Crippen LogP contribution < -0.4 is 15.9 Å². The van der Waals surface area contributed by atoms with Crippen LogP contribution in [0.1, 0.15) is 0 Å². The van der Waals surface area contributed by atoms with Crippen molar-refractivity contribution in [3.8, 4) is 0 Å². The van der Waals surface area contributed by atoms with Gasteiger partial charge in [0.05, 0.1) is 7.92 Å².